The molecule has 0 fully saturated rings. The van der Waals surface area contributed by atoms with Crippen LogP contribution in [-0.4, -0.2) is 42.9 Å². The number of methoxy groups -OCH3 is 1. The van der Waals surface area contributed by atoms with Gasteiger partial charge in [0.15, 0.2) is 0 Å². The highest BCUT2D eigenvalue weighted by atomic mass is 16.5. The van der Waals surface area contributed by atoms with Crippen molar-refractivity contribution in [2.75, 3.05) is 13.7 Å². The van der Waals surface area contributed by atoms with Crippen molar-refractivity contribution in [3.8, 4) is 0 Å². The molecule has 0 heterocycles. The highest BCUT2D eigenvalue weighted by molar-refractivity contribution is 5.82. The van der Waals surface area contributed by atoms with E-state index in [-0.39, 0.29) is 12.5 Å². The van der Waals surface area contributed by atoms with Gasteiger partial charge in [-0.15, -0.1) is 0 Å². The van der Waals surface area contributed by atoms with Crippen LogP contribution in [0.4, 0.5) is 4.79 Å². The van der Waals surface area contributed by atoms with Crippen LogP contribution in [0.15, 0.2) is 30.3 Å². The number of hydrogen-bond acceptors (Lipinski definition) is 3. The Morgan fingerprint density at radius 1 is 1.30 bits per heavy atom. The van der Waals surface area contributed by atoms with E-state index >= 15 is 0 Å². The molecule has 0 aliphatic carbocycles. The van der Waals surface area contributed by atoms with Crippen molar-refractivity contribution in [2.24, 2.45) is 0 Å². The third kappa shape index (κ3) is 5.71. The van der Waals surface area contributed by atoms with Gasteiger partial charge in [-0.3, -0.25) is 0 Å². The lowest BCUT2D eigenvalue weighted by Gasteiger charge is -2.16. The minimum atomic E-state index is -1.07. The predicted octanol–water partition coefficient (Wildman–Crippen LogP) is 1.02. The Balaban J connectivity index is 2.51. The average molecular weight is 280 g/mol. The Morgan fingerprint density at radius 2 is 1.95 bits per heavy atom. The maximum absolute atomic E-state index is 11.6. The Hall–Kier alpha value is -2.08. The highest BCUT2D eigenvalue weighted by Gasteiger charge is 2.20. The van der Waals surface area contributed by atoms with Gasteiger partial charge in [0, 0.05) is 20.1 Å². The molecule has 0 bridgehead atoms. The second kappa shape index (κ2) is 8.16. The summed E-state index contributed by atoms with van der Waals surface area (Å²) < 4.78 is 4.99. The van der Waals surface area contributed by atoms with E-state index in [0.29, 0.717) is 6.54 Å². The number of aliphatic carboxylic acids is 1. The number of carboxylic acid groups (broad SMARTS) is 1. The van der Waals surface area contributed by atoms with Crippen LogP contribution in [0.2, 0.25) is 0 Å². The van der Waals surface area contributed by atoms with Crippen LogP contribution >= 0.6 is 0 Å². The molecule has 6 nitrogen and oxygen atoms in total. The highest BCUT2D eigenvalue weighted by Crippen LogP contribution is 2.03. The van der Waals surface area contributed by atoms with Crippen LogP contribution in [0, 0.1) is 0 Å². The Bertz CT molecular complexity index is 436. The first-order valence-electron chi connectivity index (χ1n) is 6.36. The van der Waals surface area contributed by atoms with E-state index in [1.165, 1.54) is 0 Å². The maximum atomic E-state index is 11.6. The van der Waals surface area contributed by atoms with Crippen LogP contribution in [0.3, 0.4) is 0 Å². The summed E-state index contributed by atoms with van der Waals surface area (Å²) in [5.41, 5.74) is 0.852. The van der Waals surface area contributed by atoms with Crippen molar-refractivity contribution in [3.63, 3.8) is 0 Å². The third-order valence-corrected chi connectivity index (χ3v) is 2.84. The number of urea groups is 1. The number of nitrogens with one attached hydrogen (secondary N) is 2. The largest absolute Gasteiger partial charge is 0.480 e. The summed E-state index contributed by atoms with van der Waals surface area (Å²) in [5, 5.41) is 14.1. The van der Waals surface area contributed by atoms with Gasteiger partial charge in [-0.1, -0.05) is 30.3 Å². The SMILES string of the molecule is COC(C)CNC(=O)N[C@@H](Cc1ccccc1)C(=O)O. The molecule has 0 spiro atoms. The smallest absolute Gasteiger partial charge is 0.326 e. The zero-order valence-corrected chi connectivity index (χ0v) is 11.6. The van der Waals surface area contributed by atoms with E-state index in [4.69, 9.17) is 9.84 Å². The molecule has 0 aliphatic rings. The second-order valence-corrected chi connectivity index (χ2v) is 4.48. The van der Waals surface area contributed by atoms with Crippen LogP contribution in [0.25, 0.3) is 0 Å². The average Bonchev–Trinajstić information content (AvgIpc) is 2.45. The van der Waals surface area contributed by atoms with Crippen LogP contribution in [-0.2, 0) is 16.0 Å². The fraction of sp³-hybridized carbons (Fsp3) is 0.429. The molecule has 1 rings (SSSR count). The van der Waals surface area contributed by atoms with Gasteiger partial charge in [-0.2, -0.15) is 0 Å². The lowest BCUT2D eigenvalue weighted by atomic mass is 10.1. The quantitative estimate of drug-likeness (QED) is 0.695. The van der Waals surface area contributed by atoms with Gasteiger partial charge in [0.05, 0.1) is 6.10 Å². The van der Waals surface area contributed by atoms with Gasteiger partial charge >= 0.3 is 12.0 Å². The van der Waals surface area contributed by atoms with Crippen LogP contribution < -0.4 is 10.6 Å². The van der Waals surface area contributed by atoms with E-state index in [9.17, 15) is 9.59 Å². The van der Waals surface area contributed by atoms with Crippen LogP contribution in [0.1, 0.15) is 12.5 Å². The van der Waals surface area contributed by atoms with Gasteiger partial charge in [0.2, 0.25) is 0 Å². The molecule has 0 saturated heterocycles. The zero-order valence-electron chi connectivity index (χ0n) is 11.6. The minimum Gasteiger partial charge on any atom is -0.480 e. The lowest BCUT2D eigenvalue weighted by Crippen LogP contribution is -2.48. The van der Waals surface area contributed by atoms with Crippen molar-refractivity contribution in [3.05, 3.63) is 35.9 Å². The molecule has 0 aliphatic heterocycles. The molecule has 1 aromatic carbocycles. The number of amides is 2. The fourth-order valence-corrected chi connectivity index (χ4v) is 1.58. The molecule has 2 atom stereocenters. The summed E-state index contributed by atoms with van der Waals surface area (Å²) >= 11 is 0. The molecule has 1 aromatic rings. The second-order valence-electron chi connectivity index (χ2n) is 4.48. The van der Waals surface area contributed by atoms with E-state index in [1.54, 1.807) is 14.0 Å². The van der Waals surface area contributed by atoms with Crippen LogP contribution in [0.5, 0.6) is 0 Å². The number of hydrogen-bond donors (Lipinski definition) is 3. The number of carbonyl (C=O) groups is 2. The number of benzene rings is 1. The third-order valence-electron chi connectivity index (χ3n) is 2.84. The maximum Gasteiger partial charge on any atom is 0.326 e. The van der Waals surface area contributed by atoms with E-state index in [2.05, 4.69) is 10.6 Å². The monoisotopic (exact) mass is 280 g/mol. The molecule has 1 unspecified atom stereocenters. The van der Waals surface area contributed by atoms with E-state index < -0.39 is 18.0 Å². The van der Waals surface area contributed by atoms with Crippen molar-refractivity contribution >= 4 is 12.0 Å². The van der Waals surface area contributed by atoms with Crippen molar-refractivity contribution in [2.45, 2.75) is 25.5 Å². The first-order chi connectivity index (χ1) is 9.52. The summed E-state index contributed by atoms with van der Waals surface area (Å²) in [6.07, 6.45) is 0.113. The number of rotatable bonds is 7. The van der Waals surface area contributed by atoms with Crippen molar-refractivity contribution in [1.29, 1.82) is 0 Å². The summed E-state index contributed by atoms with van der Waals surface area (Å²) in [6.45, 7) is 2.12. The van der Waals surface area contributed by atoms with Crippen molar-refractivity contribution in [1.82, 2.24) is 10.6 Å². The molecule has 3 N–H and O–H groups in total. The normalized spacial score (nSPS) is 13.3. The van der Waals surface area contributed by atoms with Crippen molar-refractivity contribution < 1.29 is 19.4 Å². The molecular formula is C14H20N2O4. The topological polar surface area (TPSA) is 87.7 Å². The molecule has 6 heteroatoms. The predicted molar refractivity (Wildman–Crippen MR) is 74.6 cm³/mol. The lowest BCUT2D eigenvalue weighted by molar-refractivity contribution is -0.139. The Labute approximate surface area is 118 Å². The number of ether oxygens (including phenoxy) is 1. The molecule has 0 saturated carbocycles. The first-order valence-corrected chi connectivity index (χ1v) is 6.36. The fourth-order valence-electron chi connectivity index (χ4n) is 1.58. The summed E-state index contributed by atoms with van der Waals surface area (Å²) in [4.78, 5) is 22.8. The van der Waals surface area contributed by atoms with Gasteiger partial charge in [0.25, 0.3) is 0 Å². The molecule has 2 amide bonds. The molecule has 20 heavy (non-hydrogen) atoms. The first kappa shape index (κ1) is 16.0. The van der Waals surface area contributed by atoms with E-state index in [1.807, 2.05) is 30.3 Å². The Kier molecular flexibility index (Phi) is 6.52. The molecular weight excluding hydrogens is 260 g/mol. The van der Waals surface area contributed by atoms with Gasteiger partial charge in [-0.05, 0) is 12.5 Å². The minimum absolute atomic E-state index is 0.127. The molecule has 0 aromatic heterocycles. The zero-order chi connectivity index (χ0) is 15.0. The van der Waals surface area contributed by atoms with E-state index in [0.717, 1.165) is 5.56 Å². The van der Waals surface area contributed by atoms with Gasteiger partial charge in [0.1, 0.15) is 6.04 Å². The summed E-state index contributed by atoms with van der Waals surface area (Å²) in [5.74, 6) is -1.07. The standard InChI is InChI=1S/C14H20N2O4/c1-10(20-2)9-15-14(19)16-12(13(17)18)8-11-6-4-3-5-7-11/h3-7,10,12H,8-9H2,1-2H3,(H,17,18)(H2,15,16,19)/t10?,12-/m0/s1. The number of carbonyl (C=O) groups excluding carboxylic acids is 1. The molecule has 0 radical (unpaired) electrons. The summed E-state index contributed by atoms with van der Waals surface area (Å²) in [6, 6.07) is 7.67. The van der Waals surface area contributed by atoms with Gasteiger partial charge < -0.3 is 20.5 Å². The van der Waals surface area contributed by atoms with Gasteiger partial charge in [-0.25, -0.2) is 9.59 Å². The summed E-state index contributed by atoms with van der Waals surface area (Å²) in [7, 11) is 1.54. The Morgan fingerprint density at radius 3 is 2.50 bits per heavy atom. The molecule has 110 valence electrons. The number of carboxylic acids is 1.